The normalized spacial score (nSPS) is 15.6. The van der Waals surface area contributed by atoms with Crippen molar-refractivity contribution in [2.24, 2.45) is 0 Å². The molecular formula is C8H12N2OS. The Morgan fingerprint density at radius 2 is 2.25 bits per heavy atom. The lowest BCUT2D eigenvalue weighted by molar-refractivity contribution is 0.196. The van der Waals surface area contributed by atoms with Crippen LogP contribution in [0.1, 0.15) is 13.8 Å². The van der Waals surface area contributed by atoms with Crippen LogP contribution in [0.25, 0.3) is 0 Å². The topological polar surface area (TPSA) is 46.0 Å². The molecule has 1 aromatic rings. The molecule has 0 bridgehead atoms. The lowest BCUT2D eigenvalue weighted by atomic mass is 10.3. The lowest BCUT2D eigenvalue weighted by Crippen LogP contribution is -2.15. The van der Waals surface area contributed by atoms with Gasteiger partial charge in [0.05, 0.1) is 6.10 Å². The maximum absolute atomic E-state index is 9.21. The van der Waals surface area contributed by atoms with Crippen LogP contribution in [0.3, 0.4) is 0 Å². The molecule has 0 aliphatic carbocycles. The van der Waals surface area contributed by atoms with Gasteiger partial charge in [-0.25, -0.2) is 0 Å². The van der Waals surface area contributed by atoms with Crippen LogP contribution < -0.4 is 0 Å². The molecule has 12 heavy (non-hydrogen) atoms. The number of aliphatic hydroxyl groups is 1. The Kier molecular flexibility index (Phi) is 3.49. The van der Waals surface area contributed by atoms with E-state index in [0.29, 0.717) is 0 Å². The first-order chi connectivity index (χ1) is 5.70. The smallest absolute Gasteiger partial charge is 0.119 e. The van der Waals surface area contributed by atoms with Gasteiger partial charge in [0.25, 0.3) is 0 Å². The highest BCUT2D eigenvalue weighted by molar-refractivity contribution is 7.99. The summed E-state index contributed by atoms with van der Waals surface area (Å²) in [5.74, 6) is 0. The Morgan fingerprint density at radius 3 is 2.75 bits per heavy atom. The zero-order valence-electron chi connectivity index (χ0n) is 7.14. The molecule has 3 nitrogen and oxygen atoms in total. The van der Waals surface area contributed by atoms with Crippen molar-refractivity contribution < 1.29 is 5.11 Å². The number of thioether (sulfide) groups is 1. The van der Waals surface area contributed by atoms with E-state index in [1.807, 2.05) is 19.1 Å². The Morgan fingerprint density at radius 1 is 1.50 bits per heavy atom. The molecule has 0 radical (unpaired) electrons. The molecular weight excluding hydrogens is 172 g/mol. The molecule has 0 saturated heterocycles. The van der Waals surface area contributed by atoms with Crippen molar-refractivity contribution in [1.29, 1.82) is 0 Å². The second kappa shape index (κ2) is 4.42. The van der Waals surface area contributed by atoms with E-state index in [-0.39, 0.29) is 11.4 Å². The first-order valence-electron chi connectivity index (χ1n) is 3.82. The van der Waals surface area contributed by atoms with Gasteiger partial charge in [-0.2, -0.15) is 5.10 Å². The minimum absolute atomic E-state index is 0.154. The Balaban J connectivity index is 2.53. The van der Waals surface area contributed by atoms with Crippen LogP contribution >= 0.6 is 11.8 Å². The minimum Gasteiger partial charge on any atom is -0.392 e. The quantitative estimate of drug-likeness (QED) is 0.720. The van der Waals surface area contributed by atoms with E-state index < -0.39 is 0 Å². The summed E-state index contributed by atoms with van der Waals surface area (Å²) in [6.07, 6.45) is 1.31. The molecule has 1 rings (SSSR count). The highest BCUT2D eigenvalue weighted by atomic mass is 32.2. The van der Waals surface area contributed by atoms with Crippen LogP contribution in [0.4, 0.5) is 0 Å². The van der Waals surface area contributed by atoms with Crippen LogP contribution in [0.2, 0.25) is 0 Å². The number of hydrogen-bond acceptors (Lipinski definition) is 4. The molecule has 1 heterocycles. The largest absolute Gasteiger partial charge is 0.392 e. The number of hydrogen-bond donors (Lipinski definition) is 1. The van der Waals surface area contributed by atoms with Gasteiger partial charge < -0.3 is 5.11 Å². The first-order valence-corrected chi connectivity index (χ1v) is 4.70. The van der Waals surface area contributed by atoms with Gasteiger partial charge in [-0.1, -0.05) is 18.7 Å². The van der Waals surface area contributed by atoms with E-state index >= 15 is 0 Å². The summed E-state index contributed by atoms with van der Waals surface area (Å²) in [6, 6.07) is 3.72. The van der Waals surface area contributed by atoms with Gasteiger partial charge in [0, 0.05) is 11.4 Å². The van der Waals surface area contributed by atoms with Crippen molar-refractivity contribution in [1.82, 2.24) is 10.2 Å². The zero-order chi connectivity index (χ0) is 8.97. The molecule has 4 heteroatoms. The molecule has 0 spiro atoms. The highest BCUT2D eigenvalue weighted by Gasteiger charge is 2.10. The van der Waals surface area contributed by atoms with E-state index in [9.17, 15) is 5.11 Å². The lowest BCUT2D eigenvalue weighted by Gasteiger charge is -2.12. The van der Waals surface area contributed by atoms with Gasteiger partial charge in [0.15, 0.2) is 0 Å². The highest BCUT2D eigenvalue weighted by Crippen LogP contribution is 2.21. The molecule has 0 aliphatic heterocycles. The standard InChI is InChI=1S/C8H12N2OS/c1-6(11)7(2)12-8-4-3-5-9-10-8/h3-7,11H,1-2H3. The predicted octanol–water partition coefficient (Wildman–Crippen LogP) is 1.34. The summed E-state index contributed by atoms with van der Waals surface area (Å²) in [7, 11) is 0. The van der Waals surface area contributed by atoms with Crippen molar-refractivity contribution in [3.63, 3.8) is 0 Å². The third-order valence-corrected chi connectivity index (χ3v) is 2.76. The van der Waals surface area contributed by atoms with Gasteiger partial charge >= 0.3 is 0 Å². The van der Waals surface area contributed by atoms with Gasteiger partial charge in [0.1, 0.15) is 5.03 Å². The van der Waals surface area contributed by atoms with E-state index in [0.717, 1.165) is 5.03 Å². The van der Waals surface area contributed by atoms with Crippen molar-refractivity contribution >= 4 is 11.8 Å². The third kappa shape index (κ3) is 2.79. The maximum Gasteiger partial charge on any atom is 0.119 e. The molecule has 0 aromatic carbocycles. The van der Waals surface area contributed by atoms with Crippen LogP contribution in [0.15, 0.2) is 23.4 Å². The fourth-order valence-corrected chi connectivity index (χ4v) is 1.47. The number of nitrogens with zero attached hydrogens (tertiary/aromatic N) is 2. The van der Waals surface area contributed by atoms with Crippen LogP contribution in [-0.4, -0.2) is 26.7 Å². The maximum atomic E-state index is 9.21. The summed E-state index contributed by atoms with van der Waals surface area (Å²) in [5, 5.41) is 17.9. The Hall–Kier alpha value is -0.610. The fourth-order valence-electron chi connectivity index (χ4n) is 0.639. The number of aliphatic hydroxyl groups excluding tert-OH is 1. The molecule has 1 aromatic heterocycles. The number of aromatic nitrogens is 2. The third-order valence-electron chi connectivity index (χ3n) is 1.53. The Bertz CT molecular complexity index is 228. The van der Waals surface area contributed by atoms with Crippen molar-refractivity contribution in [3.05, 3.63) is 18.3 Å². The molecule has 0 saturated carbocycles. The molecule has 2 unspecified atom stereocenters. The first kappa shape index (κ1) is 9.48. The SMILES string of the molecule is CC(O)C(C)Sc1cccnn1. The van der Waals surface area contributed by atoms with E-state index in [4.69, 9.17) is 0 Å². The van der Waals surface area contributed by atoms with Crippen LogP contribution in [0, 0.1) is 0 Å². The molecule has 0 amide bonds. The summed E-state index contributed by atoms with van der Waals surface area (Å²) in [5.41, 5.74) is 0. The second-order valence-electron chi connectivity index (χ2n) is 2.63. The van der Waals surface area contributed by atoms with Gasteiger partial charge in [-0.3, -0.25) is 0 Å². The van der Waals surface area contributed by atoms with E-state index in [2.05, 4.69) is 10.2 Å². The van der Waals surface area contributed by atoms with Gasteiger partial charge in [-0.15, -0.1) is 5.10 Å². The number of rotatable bonds is 3. The van der Waals surface area contributed by atoms with Gasteiger partial charge in [-0.05, 0) is 19.1 Å². The Labute approximate surface area is 76.2 Å². The van der Waals surface area contributed by atoms with Crippen LogP contribution in [-0.2, 0) is 0 Å². The molecule has 0 aliphatic rings. The summed E-state index contributed by atoms with van der Waals surface area (Å²) in [6.45, 7) is 3.73. The summed E-state index contributed by atoms with van der Waals surface area (Å²) < 4.78 is 0. The second-order valence-corrected chi connectivity index (χ2v) is 4.02. The summed E-state index contributed by atoms with van der Waals surface area (Å²) >= 11 is 1.53. The molecule has 1 N–H and O–H groups in total. The van der Waals surface area contributed by atoms with Crippen LogP contribution in [0.5, 0.6) is 0 Å². The molecule has 66 valence electrons. The van der Waals surface area contributed by atoms with E-state index in [1.165, 1.54) is 11.8 Å². The average molecular weight is 184 g/mol. The van der Waals surface area contributed by atoms with E-state index in [1.54, 1.807) is 13.1 Å². The average Bonchev–Trinajstić information content (AvgIpc) is 2.06. The van der Waals surface area contributed by atoms with Gasteiger partial charge in [0.2, 0.25) is 0 Å². The molecule has 2 atom stereocenters. The van der Waals surface area contributed by atoms with Crippen molar-refractivity contribution in [2.45, 2.75) is 30.2 Å². The van der Waals surface area contributed by atoms with Crippen molar-refractivity contribution in [3.8, 4) is 0 Å². The predicted molar refractivity (Wildman–Crippen MR) is 49.0 cm³/mol. The minimum atomic E-state index is -0.322. The monoisotopic (exact) mass is 184 g/mol. The summed E-state index contributed by atoms with van der Waals surface area (Å²) in [4.78, 5) is 0. The molecule has 0 fully saturated rings. The zero-order valence-corrected chi connectivity index (χ0v) is 7.95. The fraction of sp³-hybridized carbons (Fsp3) is 0.500. The van der Waals surface area contributed by atoms with Crippen molar-refractivity contribution in [2.75, 3.05) is 0 Å².